The van der Waals surface area contributed by atoms with Gasteiger partial charge in [0.1, 0.15) is 0 Å². The van der Waals surface area contributed by atoms with Crippen molar-refractivity contribution in [1.29, 1.82) is 0 Å². The molecule has 1 heterocycles. The number of nitrogens with two attached hydrogens (primary N) is 1. The zero-order valence-corrected chi connectivity index (χ0v) is 16.8. The number of rotatable bonds is 7. The SMILES string of the molecule is CC.CNC(=O)C1CCC(CN2C(=O)CC(SCCC(N)=O)C2=O)CC1. The molecule has 2 fully saturated rings. The highest BCUT2D eigenvalue weighted by Gasteiger charge is 2.40. The summed E-state index contributed by atoms with van der Waals surface area (Å²) in [5.41, 5.74) is 5.09. The van der Waals surface area contributed by atoms with Crippen LogP contribution in [0.3, 0.4) is 0 Å². The lowest BCUT2D eigenvalue weighted by Crippen LogP contribution is -2.38. The number of hydrogen-bond acceptors (Lipinski definition) is 5. The van der Waals surface area contributed by atoms with Crippen LogP contribution in [0.2, 0.25) is 0 Å². The summed E-state index contributed by atoms with van der Waals surface area (Å²) in [6, 6.07) is 0. The summed E-state index contributed by atoms with van der Waals surface area (Å²) in [6.45, 7) is 4.45. The Bertz CT molecular complexity index is 519. The molecule has 2 aliphatic rings. The summed E-state index contributed by atoms with van der Waals surface area (Å²) in [5.74, 6) is 0.176. The predicted molar refractivity (Wildman–Crippen MR) is 102 cm³/mol. The lowest BCUT2D eigenvalue weighted by molar-refractivity contribution is -0.139. The van der Waals surface area contributed by atoms with Crippen LogP contribution in [0.15, 0.2) is 0 Å². The average molecular weight is 386 g/mol. The van der Waals surface area contributed by atoms with Crippen LogP contribution in [0.4, 0.5) is 0 Å². The van der Waals surface area contributed by atoms with Gasteiger partial charge in [-0.2, -0.15) is 0 Å². The molecule has 1 atom stereocenters. The first-order valence-corrected chi connectivity index (χ1v) is 10.4. The first-order valence-electron chi connectivity index (χ1n) is 9.38. The van der Waals surface area contributed by atoms with Crippen LogP contribution in [0, 0.1) is 11.8 Å². The quantitative estimate of drug-likeness (QED) is 0.642. The van der Waals surface area contributed by atoms with Crippen molar-refractivity contribution >= 4 is 35.4 Å². The largest absolute Gasteiger partial charge is 0.370 e. The minimum absolute atomic E-state index is 0.0494. The van der Waals surface area contributed by atoms with Gasteiger partial charge in [0.15, 0.2) is 0 Å². The maximum atomic E-state index is 12.4. The zero-order valence-electron chi connectivity index (χ0n) is 16.0. The molecular weight excluding hydrogens is 354 g/mol. The molecule has 7 nitrogen and oxygen atoms in total. The Labute approximate surface area is 159 Å². The van der Waals surface area contributed by atoms with Crippen LogP contribution < -0.4 is 11.1 Å². The number of nitrogens with one attached hydrogen (secondary N) is 1. The van der Waals surface area contributed by atoms with Gasteiger partial charge in [-0.05, 0) is 31.6 Å². The third kappa shape index (κ3) is 6.30. The Balaban J connectivity index is 0.00000163. The average Bonchev–Trinajstić information content (AvgIpc) is 2.90. The Hall–Kier alpha value is -1.57. The fourth-order valence-electron chi connectivity index (χ4n) is 3.35. The number of likely N-dealkylation sites (tertiary alicyclic amines) is 1. The van der Waals surface area contributed by atoms with Crippen molar-refractivity contribution in [2.45, 2.75) is 57.6 Å². The van der Waals surface area contributed by atoms with Gasteiger partial charge in [-0.3, -0.25) is 24.1 Å². The van der Waals surface area contributed by atoms with Crippen molar-refractivity contribution in [2.24, 2.45) is 17.6 Å². The molecule has 1 saturated carbocycles. The molecule has 2 rings (SSSR count). The molecule has 0 spiro atoms. The number of hydrogen-bond donors (Lipinski definition) is 2. The molecule has 26 heavy (non-hydrogen) atoms. The van der Waals surface area contributed by atoms with Gasteiger partial charge >= 0.3 is 0 Å². The van der Waals surface area contributed by atoms with E-state index in [9.17, 15) is 19.2 Å². The van der Waals surface area contributed by atoms with Crippen molar-refractivity contribution in [3.63, 3.8) is 0 Å². The van der Waals surface area contributed by atoms with Crippen LogP contribution in [0.5, 0.6) is 0 Å². The van der Waals surface area contributed by atoms with Crippen LogP contribution in [-0.2, 0) is 19.2 Å². The topological polar surface area (TPSA) is 110 Å². The Morgan fingerprint density at radius 3 is 2.35 bits per heavy atom. The van der Waals surface area contributed by atoms with Gasteiger partial charge in [0.2, 0.25) is 23.6 Å². The van der Waals surface area contributed by atoms with Crippen molar-refractivity contribution < 1.29 is 19.2 Å². The molecule has 1 unspecified atom stereocenters. The molecule has 1 aliphatic carbocycles. The second-order valence-corrected chi connectivity index (χ2v) is 7.76. The number of primary amides is 1. The van der Waals surface area contributed by atoms with Crippen molar-refractivity contribution in [3.05, 3.63) is 0 Å². The van der Waals surface area contributed by atoms with Gasteiger partial charge in [-0.15, -0.1) is 11.8 Å². The van der Waals surface area contributed by atoms with E-state index in [-0.39, 0.29) is 47.6 Å². The lowest BCUT2D eigenvalue weighted by Gasteiger charge is -2.29. The normalized spacial score (nSPS) is 25.5. The summed E-state index contributed by atoms with van der Waals surface area (Å²) in [6.07, 6.45) is 3.74. The zero-order chi connectivity index (χ0) is 19.7. The summed E-state index contributed by atoms with van der Waals surface area (Å²) in [4.78, 5) is 48.3. The second kappa shape index (κ2) is 11.2. The van der Waals surface area contributed by atoms with Crippen LogP contribution in [-0.4, -0.2) is 53.1 Å². The van der Waals surface area contributed by atoms with E-state index in [2.05, 4.69) is 5.32 Å². The summed E-state index contributed by atoms with van der Waals surface area (Å²) in [5, 5.41) is 2.29. The third-order valence-electron chi connectivity index (χ3n) is 4.77. The highest BCUT2D eigenvalue weighted by molar-refractivity contribution is 8.00. The van der Waals surface area contributed by atoms with Crippen LogP contribution in [0.25, 0.3) is 0 Å². The molecule has 148 valence electrons. The van der Waals surface area contributed by atoms with E-state index in [0.717, 1.165) is 25.7 Å². The third-order valence-corrected chi connectivity index (χ3v) is 5.99. The van der Waals surface area contributed by atoms with E-state index < -0.39 is 5.91 Å². The second-order valence-electron chi connectivity index (χ2n) is 6.45. The smallest absolute Gasteiger partial charge is 0.242 e. The van der Waals surface area contributed by atoms with E-state index in [0.29, 0.717) is 12.3 Å². The molecule has 0 radical (unpaired) electrons. The van der Waals surface area contributed by atoms with E-state index >= 15 is 0 Å². The number of carbonyl (C=O) groups excluding carboxylic acids is 4. The Morgan fingerprint density at radius 1 is 1.19 bits per heavy atom. The molecule has 1 aliphatic heterocycles. The van der Waals surface area contributed by atoms with Crippen LogP contribution in [0.1, 0.15) is 52.4 Å². The van der Waals surface area contributed by atoms with Gasteiger partial charge in [-0.25, -0.2) is 0 Å². The molecule has 4 amide bonds. The molecule has 0 aromatic carbocycles. The van der Waals surface area contributed by atoms with Gasteiger partial charge in [0.25, 0.3) is 0 Å². The number of nitrogens with zero attached hydrogens (tertiary/aromatic N) is 1. The minimum Gasteiger partial charge on any atom is -0.370 e. The fraction of sp³-hybridized carbons (Fsp3) is 0.778. The minimum atomic E-state index is -0.399. The molecule has 0 aromatic heterocycles. The van der Waals surface area contributed by atoms with E-state index in [4.69, 9.17) is 5.73 Å². The maximum Gasteiger partial charge on any atom is 0.242 e. The van der Waals surface area contributed by atoms with Gasteiger partial charge in [0.05, 0.1) is 5.25 Å². The Kier molecular flexibility index (Phi) is 9.69. The van der Waals surface area contributed by atoms with Crippen LogP contribution >= 0.6 is 11.8 Å². The first-order chi connectivity index (χ1) is 12.4. The van der Waals surface area contributed by atoms with Crippen molar-refractivity contribution in [3.8, 4) is 0 Å². The molecule has 8 heteroatoms. The molecule has 1 saturated heterocycles. The summed E-state index contributed by atoms with van der Waals surface area (Å²) >= 11 is 1.33. The number of carbonyl (C=O) groups is 4. The number of thioether (sulfide) groups is 1. The lowest BCUT2D eigenvalue weighted by atomic mass is 9.81. The van der Waals surface area contributed by atoms with Gasteiger partial charge < -0.3 is 11.1 Å². The monoisotopic (exact) mass is 385 g/mol. The highest BCUT2D eigenvalue weighted by atomic mass is 32.2. The highest BCUT2D eigenvalue weighted by Crippen LogP contribution is 2.32. The Morgan fingerprint density at radius 2 is 1.81 bits per heavy atom. The van der Waals surface area contributed by atoms with E-state index in [1.54, 1.807) is 7.05 Å². The van der Waals surface area contributed by atoms with Crippen molar-refractivity contribution in [1.82, 2.24) is 10.2 Å². The predicted octanol–water partition coefficient (Wildman–Crippen LogP) is 1.30. The molecular formula is C18H31N3O4S. The van der Waals surface area contributed by atoms with E-state index in [1.807, 2.05) is 13.8 Å². The standard InChI is InChI=1S/C16H25N3O4S.C2H6/c1-18-15(22)11-4-2-10(3-5-11)9-19-14(21)8-12(16(19)23)24-7-6-13(17)20;1-2/h10-12H,2-9H2,1H3,(H2,17,20)(H,18,22);1-2H3. The van der Waals surface area contributed by atoms with E-state index in [1.165, 1.54) is 16.7 Å². The number of amides is 4. The van der Waals surface area contributed by atoms with Crippen molar-refractivity contribution in [2.75, 3.05) is 19.3 Å². The first kappa shape index (κ1) is 22.5. The maximum absolute atomic E-state index is 12.4. The fourth-order valence-corrected chi connectivity index (χ4v) is 4.48. The summed E-state index contributed by atoms with van der Waals surface area (Å²) < 4.78 is 0. The van der Waals surface area contributed by atoms with Gasteiger partial charge in [0, 0.05) is 38.1 Å². The van der Waals surface area contributed by atoms with Gasteiger partial charge in [-0.1, -0.05) is 13.8 Å². The molecule has 0 bridgehead atoms. The molecule has 0 aromatic rings. The molecule has 3 N–H and O–H groups in total. The number of imide groups is 1. The summed E-state index contributed by atoms with van der Waals surface area (Å²) in [7, 11) is 1.64.